The van der Waals surface area contributed by atoms with Crippen LogP contribution in [0.3, 0.4) is 0 Å². The van der Waals surface area contributed by atoms with Crippen LogP contribution in [-0.2, 0) is 5.75 Å². The van der Waals surface area contributed by atoms with Gasteiger partial charge in [-0.3, -0.25) is 10.1 Å². The van der Waals surface area contributed by atoms with Gasteiger partial charge in [0.15, 0.2) is 0 Å². The van der Waals surface area contributed by atoms with Crippen molar-refractivity contribution in [2.45, 2.75) is 10.6 Å². The van der Waals surface area contributed by atoms with Crippen molar-refractivity contribution in [2.75, 3.05) is 0 Å². The molecular weight excluding hydrogens is 297 g/mol. The van der Waals surface area contributed by atoms with Crippen LogP contribution in [0.25, 0.3) is 0 Å². The van der Waals surface area contributed by atoms with E-state index >= 15 is 0 Å². The number of para-hydroxylation sites is 1. The second-order valence-electron chi connectivity index (χ2n) is 4.12. The van der Waals surface area contributed by atoms with Gasteiger partial charge in [0.05, 0.1) is 10.5 Å². The van der Waals surface area contributed by atoms with Crippen molar-refractivity contribution in [3.8, 4) is 0 Å². The van der Waals surface area contributed by atoms with Crippen LogP contribution in [-0.4, -0.2) is 16.0 Å². The maximum atomic E-state index is 13.6. The molecule has 0 unspecified atom stereocenters. The molecule has 108 valence electrons. The molecule has 0 saturated carbocycles. The number of benzene rings is 2. The van der Waals surface area contributed by atoms with Crippen LogP contribution in [0, 0.1) is 15.9 Å². The van der Waals surface area contributed by atoms with Crippen LogP contribution < -0.4 is 0 Å². The van der Waals surface area contributed by atoms with Crippen molar-refractivity contribution >= 4 is 23.4 Å². The number of nitro benzene ring substituents is 1. The first-order valence-corrected chi connectivity index (χ1v) is 6.85. The van der Waals surface area contributed by atoms with E-state index in [4.69, 9.17) is 5.11 Å². The molecule has 0 aromatic heterocycles. The van der Waals surface area contributed by atoms with Gasteiger partial charge in [0.1, 0.15) is 5.82 Å². The van der Waals surface area contributed by atoms with Gasteiger partial charge in [-0.05, 0) is 18.2 Å². The zero-order valence-corrected chi connectivity index (χ0v) is 11.5. The van der Waals surface area contributed by atoms with E-state index in [9.17, 15) is 19.3 Å². The Hall–Kier alpha value is -2.41. The lowest BCUT2D eigenvalue weighted by Crippen LogP contribution is -1.98. The van der Waals surface area contributed by atoms with E-state index in [1.54, 1.807) is 18.2 Å². The van der Waals surface area contributed by atoms with E-state index < -0.39 is 16.7 Å². The summed E-state index contributed by atoms with van der Waals surface area (Å²) in [4.78, 5) is 21.4. The molecule has 0 atom stereocenters. The predicted molar refractivity (Wildman–Crippen MR) is 76.0 cm³/mol. The lowest BCUT2D eigenvalue weighted by atomic mass is 10.2. The predicted octanol–water partition coefficient (Wildman–Crippen LogP) is 3.72. The average Bonchev–Trinajstić information content (AvgIpc) is 2.46. The molecule has 0 aliphatic carbocycles. The number of carboxylic acids is 1. The summed E-state index contributed by atoms with van der Waals surface area (Å²) in [6, 6.07) is 9.64. The van der Waals surface area contributed by atoms with Crippen LogP contribution in [0.2, 0.25) is 0 Å². The molecule has 0 heterocycles. The van der Waals surface area contributed by atoms with E-state index in [0.29, 0.717) is 5.56 Å². The van der Waals surface area contributed by atoms with Gasteiger partial charge in [0.2, 0.25) is 0 Å². The summed E-state index contributed by atoms with van der Waals surface area (Å²) in [7, 11) is 0. The summed E-state index contributed by atoms with van der Waals surface area (Å²) in [6.45, 7) is 0. The Morgan fingerprint density at radius 3 is 2.67 bits per heavy atom. The number of carbonyl (C=O) groups is 1. The number of aromatic carboxylic acids is 1. The summed E-state index contributed by atoms with van der Waals surface area (Å²) >= 11 is 1.02. The van der Waals surface area contributed by atoms with Crippen molar-refractivity contribution in [3.63, 3.8) is 0 Å². The molecule has 0 saturated heterocycles. The number of nitro groups is 1. The molecular formula is C14H10FNO4S. The van der Waals surface area contributed by atoms with Crippen molar-refractivity contribution < 1.29 is 19.2 Å². The van der Waals surface area contributed by atoms with E-state index in [1.807, 2.05) is 0 Å². The Balaban J connectivity index is 2.22. The van der Waals surface area contributed by atoms with E-state index in [-0.39, 0.29) is 21.9 Å². The summed E-state index contributed by atoms with van der Waals surface area (Å²) < 4.78 is 13.6. The SMILES string of the molecule is O=C(O)c1ccc(F)c(SCc2ccccc2[N+](=O)[O-])c1. The minimum atomic E-state index is -1.15. The largest absolute Gasteiger partial charge is 0.478 e. The summed E-state index contributed by atoms with van der Waals surface area (Å²) in [5.41, 5.74) is 0.383. The first-order valence-electron chi connectivity index (χ1n) is 5.87. The van der Waals surface area contributed by atoms with E-state index in [2.05, 4.69) is 0 Å². The third-order valence-electron chi connectivity index (χ3n) is 2.75. The van der Waals surface area contributed by atoms with Crippen LogP contribution in [0.1, 0.15) is 15.9 Å². The number of rotatable bonds is 5. The highest BCUT2D eigenvalue weighted by Crippen LogP contribution is 2.30. The molecule has 2 rings (SSSR count). The van der Waals surface area contributed by atoms with Gasteiger partial charge in [0, 0.05) is 22.3 Å². The fourth-order valence-electron chi connectivity index (χ4n) is 1.71. The minimum Gasteiger partial charge on any atom is -0.478 e. The number of carboxylic acid groups (broad SMARTS) is 1. The molecule has 0 aliphatic rings. The van der Waals surface area contributed by atoms with Crippen molar-refractivity contribution in [3.05, 3.63) is 69.5 Å². The second kappa shape index (κ2) is 6.36. The van der Waals surface area contributed by atoms with Gasteiger partial charge < -0.3 is 5.11 Å². The normalized spacial score (nSPS) is 10.3. The lowest BCUT2D eigenvalue weighted by Gasteiger charge is -2.05. The average molecular weight is 307 g/mol. The Morgan fingerprint density at radius 2 is 2.00 bits per heavy atom. The monoisotopic (exact) mass is 307 g/mol. The Morgan fingerprint density at radius 1 is 1.29 bits per heavy atom. The molecule has 0 bridgehead atoms. The first-order chi connectivity index (χ1) is 9.99. The topological polar surface area (TPSA) is 80.4 Å². The zero-order chi connectivity index (χ0) is 15.4. The minimum absolute atomic E-state index is 0.0264. The quantitative estimate of drug-likeness (QED) is 0.517. The molecule has 2 aromatic rings. The zero-order valence-electron chi connectivity index (χ0n) is 10.7. The van der Waals surface area contributed by atoms with Gasteiger partial charge in [-0.2, -0.15) is 0 Å². The van der Waals surface area contributed by atoms with Crippen LogP contribution in [0.5, 0.6) is 0 Å². The Kier molecular flexibility index (Phi) is 4.54. The molecule has 2 aromatic carbocycles. The summed E-state index contributed by atoms with van der Waals surface area (Å²) in [5.74, 6) is -1.52. The molecule has 0 aliphatic heterocycles. The van der Waals surface area contributed by atoms with Gasteiger partial charge in [-0.25, -0.2) is 9.18 Å². The van der Waals surface area contributed by atoms with E-state index in [0.717, 1.165) is 17.8 Å². The van der Waals surface area contributed by atoms with Gasteiger partial charge in [-0.15, -0.1) is 11.8 Å². The van der Waals surface area contributed by atoms with Crippen molar-refractivity contribution in [1.29, 1.82) is 0 Å². The van der Waals surface area contributed by atoms with E-state index in [1.165, 1.54) is 18.2 Å². The standard InChI is InChI=1S/C14H10FNO4S/c15-11-6-5-9(14(17)18)7-13(11)21-8-10-3-1-2-4-12(10)16(19)20/h1-7H,8H2,(H,17,18). The Labute approximate surface area is 123 Å². The summed E-state index contributed by atoms with van der Waals surface area (Å²) in [6.07, 6.45) is 0. The Bertz CT molecular complexity index is 705. The molecule has 0 radical (unpaired) electrons. The molecule has 1 N–H and O–H groups in total. The first kappa shape index (κ1) is 15.0. The van der Waals surface area contributed by atoms with Crippen LogP contribution in [0.15, 0.2) is 47.4 Å². The molecule has 5 nitrogen and oxygen atoms in total. The van der Waals surface area contributed by atoms with Gasteiger partial charge in [0.25, 0.3) is 5.69 Å². The highest BCUT2D eigenvalue weighted by Gasteiger charge is 2.14. The number of thioether (sulfide) groups is 1. The maximum Gasteiger partial charge on any atom is 0.335 e. The molecule has 7 heteroatoms. The third-order valence-corrected chi connectivity index (χ3v) is 3.83. The number of hydrogen-bond acceptors (Lipinski definition) is 4. The summed E-state index contributed by atoms with van der Waals surface area (Å²) in [5, 5.41) is 19.8. The maximum absolute atomic E-state index is 13.6. The van der Waals surface area contributed by atoms with Crippen molar-refractivity contribution in [1.82, 2.24) is 0 Å². The number of halogens is 1. The fourth-order valence-corrected chi connectivity index (χ4v) is 2.68. The highest BCUT2D eigenvalue weighted by molar-refractivity contribution is 7.98. The lowest BCUT2D eigenvalue weighted by molar-refractivity contribution is -0.385. The number of nitrogens with zero attached hydrogens (tertiary/aromatic N) is 1. The smallest absolute Gasteiger partial charge is 0.335 e. The third kappa shape index (κ3) is 3.57. The van der Waals surface area contributed by atoms with Crippen LogP contribution >= 0.6 is 11.8 Å². The van der Waals surface area contributed by atoms with Crippen molar-refractivity contribution in [2.24, 2.45) is 0 Å². The number of hydrogen-bond donors (Lipinski definition) is 1. The fraction of sp³-hybridized carbons (Fsp3) is 0.0714. The van der Waals surface area contributed by atoms with Gasteiger partial charge in [-0.1, -0.05) is 18.2 Å². The molecule has 0 spiro atoms. The van der Waals surface area contributed by atoms with Gasteiger partial charge >= 0.3 is 5.97 Å². The molecule has 21 heavy (non-hydrogen) atoms. The second-order valence-corrected chi connectivity index (χ2v) is 5.14. The molecule has 0 amide bonds. The molecule has 0 fully saturated rings. The highest BCUT2D eigenvalue weighted by atomic mass is 32.2. The van der Waals surface area contributed by atoms with Crippen LogP contribution in [0.4, 0.5) is 10.1 Å².